The Morgan fingerprint density at radius 3 is 2.86 bits per heavy atom. The quantitative estimate of drug-likeness (QED) is 0.814. The number of rotatable bonds is 5. The number of halogens is 3. The molecule has 5 nitrogen and oxygen atoms in total. The lowest BCUT2D eigenvalue weighted by Gasteiger charge is -2.06. The van der Waals surface area contributed by atoms with Crippen molar-refractivity contribution in [3.63, 3.8) is 0 Å². The third kappa shape index (κ3) is 3.76. The topological polar surface area (TPSA) is 81.2 Å². The zero-order valence-corrected chi connectivity index (χ0v) is 13.4. The van der Waals surface area contributed by atoms with Gasteiger partial charge in [-0.1, -0.05) is 22.8 Å². The molecule has 0 bridgehead atoms. The molecule has 0 aliphatic carbocycles. The van der Waals surface area contributed by atoms with E-state index in [9.17, 15) is 9.18 Å². The Balaban J connectivity index is 0.00000242. The van der Waals surface area contributed by atoms with Crippen LogP contribution in [0.15, 0.2) is 22.7 Å². The summed E-state index contributed by atoms with van der Waals surface area (Å²) in [5.74, 6) is -0.655. The smallest absolute Gasteiger partial charge is 0.257 e. The first-order valence-electron chi connectivity index (χ1n) is 6.45. The van der Waals surface area contributed by atoms with E-state index in [-0.39, 0.29) is 34.3 Å². The van der Waals surface area contributed by atoms with Gasteiger partial charge in [0.05, 0.1) is 10.6 Å². The Morgan fingerprint density at radius 2 is 2.23 bits per heavy atom. The number of carbonyl (C=O) groups excluding carboxylic acids is 1. The molecule has 1 aromatic heterocycles. The molecule has 0 unspecified atom stereocenters. The maximum atomic E-state index is 14.0. The molecule has 22 heavy (non-hydrogen) atoms. The molecule has 120 valence electrons. The minimum absolute atomic E-state index is 0. The van der Waals surface area contributed by atoms with Crippen molar-refractivity contribution in [1.29, 1.82) is 0 Å². The molecule has 3 N–H and O–H groups in total. The fourth-order valence-electron chi connectivity index (χ4n) is 1.93. The van der Waals surface area contributed by atoms with Crippen molar-refractivity contribution in [3.8, 4) is 11.3 Å². The van der Waals surface area contributed by atoms with Gasteiger partial charge in [-0.15, -0.1) is 12.4 Å². The van der Waals surface area contributed by atoms with Crippen molar-refractivity contribution in [2.45, 2.75) is 13.3 Å². The molecule has 0 saturated heterocycles. The maximum absolute atomic E-state index is 14.0. The van der Waals surface area contributed by atoms with Gasteiger partial charge in [0, 0.05) is 6.54 Å². The Bertz CT molecular complexity index is 641. The lowest BCUT2D eigenvalue weighted by molar-refractivity contribution is 0.0952. The van der Waals surface area contributed by atoms with Gasteiger partial charge in [0.25, 0.3) is 5.91 Å². The minimum Gasteiger partial charge on any atom is -0.360 e. The van der Waals surface area contributed by atoms with Gasteiger partial charge in [0.2, 0.25) is 0 Å². The van der Waals surface area contributed by atoms with Gasteiger partial charge in [0.1, 0.15) is 22.8 Å². The Hall–Kier alpha value is -1.63. The molecule has 2 aromatic rings. The van der Waals surface area contributed by atoms with Crippen LogP contribution in [-0.2, 0) is 0 Å². The highest BCUT2D eigenvalue weighted by Crippen LogP contribution is 2.33. The summed E-state index contributed by atoms with van der Waals surface area (Å²) >= 11 is 6.01. The second-order valence-corrected chi connectivity index (χ2v) is 4.86. The molecule has 2 rings (SSSR count). The number of amides is 1. The summed E-state index contributed by atoms with van der Waals surface area (Å²) in [6, 6.07) is 4.26. The highest BCUT2D eigenvalue weighted by atomic mass is 35.5. The molecular weight excluding hydrogens is 332 g/mol. The summed E-state index contributed by atoms with van der Waals surface area (Å²) in [6.45, 7) is 2.47. The van der Waals surface area contributed by atoms with E-state index in [2.05, 4.69) is 10.5 Å². The first-order valence-corrected chi connectivity index (χ1v) is 6.83. The van der Waals surface area contributed by atoms with Crippen LogP contribution in [-0.4, -0.2) is 24.2 Å². The van der Waals surface area contributed by atoms with Crippen molar-refractivity contribution in [2.75, 3.05) is 13.1 Å². The molecule has 1 heterocycles. The van der Waals surface area contributed by atoms with Gasteiger partial charge in [-0.3, -0.25) is 4.79 Å². The molecule has 0 aliphatic heterocycles. The number of aromatic nitrogens is 1. The zero-order chi connectivity index (χ0) is 15.4. The third-order valence-corrected chi connectivity index (χ3v) is 3.27. The van der Waals surface area contributed by atoms with Crippen LogP contribution < -0.4 is 11.1 Å². The van der Waals surface area contributed by atoms with E-state index in [4.69, 9.17) is 21.9 Å². The molecule has 0 atom stereocenters. The van der Waals surface area contributed by atoms with Crippen molar-refractivity contribution >= 4 is 29.9 Å². The van der Waals surface area contributed by atoms with Gasteiger partial charge in [-0.05, 0) is 32.0 Å². The number of hydrogen-bond acceptors (Lipinski definition) is 4. The van der Waals surface area contributed by atoms with Gasteiger partial charge in [0.15, 0.2) is 0 Å². The standard InChI is InChI=1S/C14H15ClFN3O2.ClH/c1-8-11(14(20)18-7-3-6-17)13(19-21-8)12-9(15)4-2-5-10(12)16;/h2,4-5H,3,6-7,17H2,1H3,(H,18,20);1H. The van der Waals surface area contributed by atoms with E-state index < -0.39 is 11.7 Å². The average molecular weight is 348 g/mol. The van der Waals surface area contributed by atoms with Crippen LogP contribution in [0.25, 0.3) is 11.3 Å². The van der Waals surface area contributed by atoms with Crippen LogP contribution in [0.3, 0.4) is 0 Å². The summed E-state index contributed by atoms with van der Waals surface area (Å²) in [4.78, 5) is 12.2. The average Bonchev–Trinajstić information content (AvgIpc) is 2.80. The van der Waals surface area contributed by atoms with E-state index in [1.54, 1.807) is 6.92 Å². The number of hydrogen-bond donors (Lipinski definition) is 2. The van der Waals surface area contributed by atoms with E-state index in [0.29, 0.717) is 25.3 Å². The molecule has 1 amide bonds. The summed E-state index contributed by atoms with van der Waals surface area (Å²) < 4.78 is 19.0. The lowest BCUT2D eigenvalue weighted by atomic mass is 10.0. The molecule has 0 saturated carbocycles. The Kier molecular flexibility index (Phi) is 6.80. The SMILES string of the molecule is Cc1onc(-c2c(F)cccc2Cl)c1C(=O)NCCCN.Cl. The first-order chi connectivity index (χ1) is 10.1. The van der Waals surface area contributed by atoms with Crippen LogP contribution in [0.1, 0.15) is 22.5 Å². The molecule has 0 radical (unpaired) electrons. The number of nitrogens with zero attached hydrogens (tertiary/aromatic N) is 1. The third-order valence-electron chi connectivity index (χ3n) is 2.96. The number of nitrogens with one attached hydrogen (secondary N) is 1. The number of nitrogens with two attached hydrogens (primary N) is 1. The predicted octanol–water partition coefficient (Wildman–Crippen LogP) is 2.94. The van der Waals surface area contributed by atoms with Crippen molar-refractivity contribution in [1.82, 2.24) is 10.5 Å². The monoisotopic (exact) mass is 347 g/mol. The van der Waals surface area contributed by atoms with Gasteiger partial charge < -0.3 is 15.6 Å². The normalized spacial score (nSPS) is 10.2. The molecule has 1 aromatic carbocycles. The van der Waals surface area contributed by atoms with Crippen LogP contribution >= 0.6 is 24.0 Å². The maximum Gasteiger partial charge on any atom is 0.257 e. The van der Waals surface area contributed by atoms with Crippen molar-refractivity contribution < 1.29 is 13.7 Å². The Morgan fingerprint density at radius 1 is 1.50 bits per heavy atom. The molecule has 0 aliphatic rings. The lowest BCUT2D eigenvalue weighted by Crippen LogP contribution is -2.26. The number of carbonyl (C=O) groups is 1. The first kappa shape index (κ1) is 18.4. The van der Waals surface area contributed by atoms with Gasteiger partial charge >= 0.3 is 0 Å². The summed E-state index contributed by atoms with van der Waals surface area (Å²) in [7, 11) is 0. The Labute approximate surface area is 138 Å². The van der Waals surface area contributed by atoms with E-state index in [0.717, 1.165) is 0 Å². The number of aryl methyl sites for hydroxylation is 1. The van der Waals surface area contributed by atoms with E-state index in [1.807, 2.05) is 0 Å². The predicted molar refractivity (Wildman–Crippen MR) is 84.9 cm³/mol. The molecule has 0 spiro atoms. The summed E-state index contributed by atoms with van der Waals surface area (Å²) in [5, 5.41) is 6.63. The second kappa shape index (κ2) is 8.12. The fraction of sp³-hybridized carbons (Fsp3) is 0.286. The van der Waals surface area contributed by atoms with Crippen LogP contribution in [0.2, 0.25) is 5.02 Å². The fourth-order valence-corrected chi connectivity index (χ4v) is 2.18. The highest BCUT2D eigenvalue weighted by molar-refractivity contribution is 6.33. The van der Waals surface area contributed by atoms with Gasteiger partial charge in [-0.2, -0.15) is 0 Å². The molecule has 0 fully saturated rings. The summed E-state index contributed by atoms with van der Waals surface area (Å²) in [6.07, 6.45) is 0.645. The van der Waals surface area contributed by atoms with E-state index in [1.165, 1.54) is 18.2 Å². The van der Waals surface area contributed by atoms with Crippen LogP contribution in [0.5, 0.6) is 0 Å². The molecule has 8 heteroatoms. The second-order valence-electron chi connectivity index (χ2n) is 4.46. The summed E-state index contributed by atoms with van der Waals surface area (Å²) in [5.41, 5.74) is 5.71. The zero-order valence-electron chi connectivity index (χ0n) is 11.9. The minimum atomic E-state index is -0.563. The number of benzene rings is 1. The van der Waals surface area contributed by atoms with Gasteiger partial charge in [-0.25, -0.2) is 4.39 Å². The largest absolute Gasteiger partial charge is 0.360 e. The van der Waals surface area contributed by atoms with Crippen LogP contribution in [0.4, 0.5) is 4.39 Å². The van der Waals surface area contributed by atoms with Crippen molar-refractivity contribution in [2.24, 2.45) is 5.73 Å². The van der Waals surface area contributed by atoms with E-state index >= 15 is 0 Å². The molecular formula is C14H16Cl2FN3O2. The highest BCUT2D eigenvalue weighted by Gasteiger charge is 2.24. The van der Waals surface area contributed by atoms with Crippen LogP contribution in [0, 0.1) is 12.7 Å². The van der Waals surface area contributed by atoms with Crippen molar-refractivity contribution in [3.05, 3.63) is 40.4 Å².